The summed E-state index contributed by atoms with van der Waals surface area (Å²) in [5, 5.41) is 30.7. The number of likely N-dealkylation sites (tertiary alicyclic amines) is 1. The van der Waals surface area contributed by atoms with Gasteiger partial charge in [-0.25, -0.2) is 18.0 Å². The SMILES string of the molecule is N#Cc1c(N)sc2c(F)ccc(-c3c(Cl)cc4c(N5CCN(C(=O)N6CC[C@H]6C#N)CC(O)C5)nc(OC[C@@]56CCCN5C[C@H](F)C6)nc4c3F)c12. The first-order valence-corrected chi connectivity index (χ1v) is 18.2. The van der Waals surface area contributed by atoms with Crippen molar-refractivity contribution < 1.29 is 27.8 Å². The Balaban J connectivity index is 1.23. The molecule has 1 unspecified atom stereocenters. The topological polar surface area (TPSA) is 159 Å². The van der Waals surface area contributed by atoms with Crippen LogP contribution in [-0.2, 0) is 0 Å². The quantitative estimate of drug-likeness (QED) is 0.283. The van der Waals surface area contributed by atoms with E-state index in [9.17, 15) is 29.2 Å². The molecule has 0 radical (unpaired) electrons. The molecular formula is C35H33ClF3N9O3S. The lowest BCUT2D eigenvalue weighted by atomic mass is 9.95. The predicted octanol–water partition coefficient (Wildman–Crippen LogP) is 5.05. The van der Waals surface area contributed by atoms with E-state index in [0.29, 0.717) is 25.9 Å². The number of urea groups is 1. The summed E-state index contributed by atoms with van der Waals surface area (Å²) >= 11 is 7.72. The average molecular weight is 752 g/mol. The lowest BCUT2D eigenvalue weighted by Crippen LogP contribution is -2.56. The normalized spacial score (nSPS) is 24.8. The Morgan fingerprint density at radius 3 is 2.75 bits per heavy atom. The summed E-state index contributed by atoms with van der Waals surface area (Å²) in [4.78, 5) is 29.2. The van der Waals surface area contributed by atoms with Crippen LogP contribution in [0, 0.1) is 34.3 Å². The van der Waals surface area contributed by atoms with Gasteiger partial charge in [-0.15, -0.1) is 11.3 Å². The monoisotopic (exact) mass is 751 g/mol. The highest BCUT2D eigenvalue weighted by Gasteiger charge is 2.49. The first kappa shape index (κ1) is 34.5. The number of fused-ring (bicyclic) bond motifs is 3. The number of aliphatic hydroxyl groups excluding tert-OH is 1. The summed E-state index contributed by atoms with van der Waals surface area (Å²) in [7, 11) is 0. The number of β-amino-alcohol motifs (C(OH)–C–C–N with tert-alkyl or cyclic N) is 1. The molecule has 2 amide bonds. The molecule has 4 aliphatic rings. The number of halogens is 4. The number of nitriles is 2. The zero-order valence-electron chi connectivity index (χ0n) is 27.8. The van der Waals surface area contributed by atoms with Gasteiger partial charge in [0.2, 0.25) is 0 Å². The van der Waals surface area contributed by atoms with E-state index in [4.69, 9.17) is 27.1 Å². The van der Waals surface area contributed by atoms with Crippen molar-refractivity contribution >= 4 is 60.8 Å². The van der Waals surface area contributed by atoms with Crippen molar-refractivity contribution in [3.05, 3.63) is 40.4 Å². The third-order valence-electron chi connectivity index (χ3n) is 10.8. The van der Waals surface area contributed by atoms with Gasteiger partial charge in [0.15, 0.2) is 5.82 Å². The van der Waals surface area contributed by atoms with Gasteiger partial charge in [0.25, 0.3) is 0 Å². The van der Waals surface area contributed by atoms with Crippen LogP contribution in [0.1, 0.15) is 31.2 Å². The summed E-state index contributed by atoms with van der Waals surface area (Å²) in [5.41, 5.74) is 5.35. The molecule has 52 heavy (non-hydrogen) atoms. The molecule has 6 heterocycles. The standard InChI is InChI=1S/C35H33ClF3N9O3S/c36-24-10-22-29(28(39)27(24)21-2-3-25(38)30-26(21)23(13-41)31(42)52-30)43-33(51-17-35-5-1-6-47(35)14-18(37)11-35)44-32(22)45-8-9-46(16-20(49)15-45)34(50)48-7-4-19(48)12-40/h2-3,10,18-20,49H,1,4-9,11,14-17,42H2/t18-,19+,20?,35+/m1/s1. The molecule has 17 heteroatoms. The minimum absolute atomic E-state index is 0.00228. The van der Waals surface area contributed by atoms with E-state index < -0.39 is 35.5 Å². The van der Waals surface area contributed by atoms with Crippen LogP contribution < -0.4 is 15.4 Å². The zero-order chi connectivity index (χ0) is 36.5. The Bertz CT molecular complexity index is 2210. The van der Waals surface area contributed by atoms with Crippen LogP contribution in [0.3, 0.4) is 0 Å². The maximum absolute atomic E-state index is 17.1. The van der Waals surface area contributed by atoms with Crippen molar-refractivity contribution in [3.8, 4) is 29.3 Å². The van der Waals surface area contributed by atoms with Crippen LogP contribution in [0.4, 0.5) is 28.8 Å². The molecule has 0 spiro atoms. The highest BCUT2D eigenvalue weighted by atomic mass is 35.5. The van der Waals surface area contributed by atoms with E-state index in [1.165, 1.54) is 21.9 Å². The molecule has 0 bridgehead atoms. The van der Waals surface area contributed by atoms with E-state index in [2.05, 4.69) is 16.0 Å². The minimum atomic E-state index is -1.03. The molecule has 4 fully saturated rings. The number of anilines is 2. The fraction of sp³-hybridized carbons (Fsp3) is 0.457. The minimum Gasteiger partial charge on any atom is -0.461 e. The third kappa shape index (κ3) is 5.60. The van der Waals surface area contributed by atoms with Crippen molar-refractivity contribution in [2.45, 2.75) is 49.5 Å². The fourth-order valence-corrected chi connectivity index (χ4v) is 9.40. The number of hydrogen-bond acceptors (Lipinski definition) is 11. The molecule has 4 aliphatic heterocycles. The van der Waals surface area contributed by atoms with Crippen molar-refractivity contribution in [3.63, 3.8) is 0 Å². The number of nitrogen functional groups attached to an aromatic ring is 1. The van der Waals surface area contributed by atoms with Gasteiger partial charge < -0.3 is 30.3 Å². The number of aliphatic hydroxyl groups is 1. The molecule has 4 aromatic rings. The highest BCUT2D eigenvalue weighted by Crippen LogP contribution is 2.46. The Hall–Kier alpha value is -4.61. The second-order valence-corrected chi connectivity index (χ2v) is 15.3. The van der Waals surface area contributed by atoms with Crippen LogP contribution in [0.5, 0.6) is 6.01 Å². The highest BCUT2D eigenvalue weighted by molar-refractivity contribution is 7.23. The predicted molar refractivity (Wildman–Crippen MR) is 189 cm³/mol. The van der Waals surface area contributed by atoms with E-state index in [0.717, 1.165) is 36.8 Å². The first-order valence-electron chi connectivity index (χ1n) is 17.0. The number of alkyl halides is 1. The molecule has 2 aromatic carbocycles. The van der Waals surface area contributed by atoms with Crippen LogP contribution in [-0.4, -0.2) is 112 Å². The van der Waals surface area contributed by atoms with Crippen molar-refractivity contribution in [2.24, 2.45) is 0 Å². The molecule has 8 rings (SSSR count). The maximum atomic E-state index is 17.1. The maximum Gasteiger partial charge on any atom is 0.321 e. The number of benzene rings is 2. The lowest BCUT2D eigenvalue weighted by molar-refractivity contribution is 0.0874. The fourth-order valence-electron chi connectivity index (χ4n) is 8.16. The lowest BCUT2D eigenvalue weighted by Gasteiger charge is -2.39. The number of ether oxygens (including phenoxy) is 1. The van der Waals surface area contributed by atoms with E-state index in [1.54, 1.807) is 4.90 Å². The van der Waals surface area contributed by atoms with Crippen LogP contribution in [0.15, 0.2) is 18.2 Å². The number of amides is 2. The van der Waals surface area contributed by atoms with Crippen molar-refractivity contribution in [2.75, 3.05) is 63.1 Å². The van der Waals surface area contributed by atoms with Crippen molar-refractivity contribution in [1.29, 1.82) is 10.5 Å². The second kappa shape index (κ2) is 13.1. The summed E-state index contributed by atoms with van der Waals surface area (Å²) < 4.78 is 52.9. The van der Waals surface area contributed by atoms with Gasteiger partial charge >= 0.3 is 12.0 Å². The number of hydrogen-bond donors (Lipinski definition) is 2. The van der Waals surface area contributed by atoms with Crippen LogP contribution in [0.25, 0.3) is 32.1 Å². The van der Waals surface area contributed by atoms with Gasteiger partial charge in [0.1, 0.15) is 47.0 Å². The van der Waals surface area contributed by atoms with Gasteiger partial charge in [-0.2, -0.15) is 20.5 Å². The molecule has 0 aliphatic carbocycles. The Kier molecular flexibility index (Phi) is 8.69. The number of aromatic nitrogens is 2. The van der Waals surface area contributed by atoms with Gasteiger partial charge in [0, 0.05) is 55.5 Å². The largest absolute Gasteiger partial charge is 0.461 e. The summed E-state index contributed by atoms with van der Waals surface area (Å²) in [6.45, 7) is 1.92. The molecule has 4 atom stereocenters. The molecule has 12 nitrogen and oxygen atoms in total. The second-order valence-electron chi connectivity index (χ2n) is 13.8. The van der Waals surface area contributed by atoms with E-state index >= 15 is 4.39 Å². The zero-order valence-corrected chi connectivity index (χ0v) is 29.4. The van der Waals surface area contributed by atoms with Gasteiger partial charge in [-0.3, -0.25) is 4.90 Å². The van der Waals surface area contributed by atoms with Gasteiger partial charge in [-0.1, -0.05) is 17.7 Å². The van der Waals surface area contributed by atoms with E-state index in [1.807, 2.05) is 6.07 Å². The van der Waals surface area contributed by atoms with Gasteiger partial charge in [-0.05, 0) is 43.5 Å². The number of nitrogens with two attached hydrogens (primary N) is 1. The average Bonchev–Trinajstić information content (AvgIpc) is 3.69. The van der Waals surface area contributed by atoms with Crippen LogP contribution in [0.2, 0.25) is 5.02 Å². The molecule has 2 aromatic heterocycles. The Labute approximate surface area is 305 Å². The third-order valence-corrected chi connectivity index (χ3v) is 12.1. The summed E-state index contributed by atoms with van der Waals surface area (Å²) in [6, 6.07) is 7.04. The number of carbonyl (C=O) groups excluding carboxylic acids is 1. The van der Waals surface area contributed by atoms with Crippen LogP contribution >= 0.6 is 22.9 Å². The Morgan fingerprint density at radius 2 is 2.00 bits per heavy atom. The number of nitrogens with zero attached hydrogens (tertiary/aromatic N) is 8. The first-order chi connectivity index (χ1) is 25.0. The van der Waals surface area contributed by atoms with Gasteiger partial charge in [0.05, 0.1) is 39.5 Å². The number of rotatable bonds is 5. The van der Waals surface area contributed by atoms with Crippen molar-refractivity contribution in [1.82, 2.24) is 24.7 Å². The molecular weight excluding hydrogens is 719 g/mol. The summed E-state index contributed by atoms with van der Waals surface area (Å²) in [5.74, 6) is -1.31. The summed E-state index contributed by atoms with van der Waals surface area (Å²) in [6.07, 6.45) is 0.446. The Morgan fingerprint density at radius 1 is 1.17 bits per heavy atom. The smallest absolute Gasteiger partial charge is 0.321 e. The van der Waals surface area contributed by atoms with E-state index in [-0.39, 0.29) is 98.3 Å². The molecule has 4 saturated heterocycles. The molecule has 0 saturated carbocycles. The number of carbonyl (C=O) groups is 1. The number of thiophene rings is 1. The molecule has 3 N–H and O–H groups in total. The molecule has 270 valence electrons.